The monoisotopic (exact) mass is 166 g/mol. The van der Waals surface area contributed by atoms with E-state index in [1.165, 1.54) is 12.0 Å². The normalized spacial score (nSPS) is 32.8. The van der Waals surface area contributed by atoms with E-state index in [0.717, 1.165) is 6.42 Å². The minimum absolute atomic E-state index is 0.325. The summed E-state index contributed by atoms with van der Waals surface area (Å²) in [7, 11) is 0. The van der Waals surface area contributed by atoms with Gasteiger partial charge < -0.3 is 4.79 Å². The summed E-state index contributed by atoms with van der Waals surface area (Å²) in [6.07, 6.45) is 4.26. The Kier molecular flexibility index (Phi) is 2.41. The Bertz CT molecular complexity index is 223. The highest BCUT2D eigenvalue weighted by Gasteiger charge is 2.47. The van der Waals surface area contributed by atoms with Crippen LogP contribution in [0.2, 0.25) is 0 Å². The largest absolute Gasteiger partial charge is 0.300 e. The highest BCUT2D eigenvalue weighted by atomic mass is 16.1. The second kappa shape index (κ2) is 3.04. The molecule has 1 aliphatic carbocycles. The molecule has 1 fully saturated rings. The van der Waals surface area contributed by atoms with E-state index in [0.29, 0.717) is 17.1 Å². The van der Waals surface area contributed by atoms with Gasteiger partial charge in [-0.25, -0.2) is 0 Å². The number of hydrogen-bond donors (Lipinski definition) is 0. The number of allylic oxidation sites excluding steroid dienone is 2. The SMILES string of the molecule is CC(=O)CC1CC1(C)C=C(C)C. The average molecular weight is 166 g/mol. The van der Waals surface area contributed by atoms with Crippen LogP contribution in [0.3, 0.4) is 0 Å². The standard InChI is InChI=1S/C11H18O/c1-8(2)6-11(4)7-10(11)5-9(3)12/h6,10H,5,7H2,1-4H3. The maximum atomic E-state index is 10.8. The van der Waals surface area contributed by atoms with Crippen molar-refractivity contribution in [2.24, 2.45) is 11.3 Å². The van der Waals surface area contributed by atoms with Gasteiger partial charge in [-0.1, -0.05) is 18.6 Å². The molecule has 0 heterocycles. The van der Waals surface area contributed by atoms with E-state index in [2.05, 4.69) is 26.8 Å². The van der Waals surface area contributed by atoms with Crippen molar-refractivity contribution >= 4 is 5.78 Å². The zero-order valence-electron chi connectivity index (χ0n) is 8.48. The number of hydrogen-bond acceptors (Lipinski definition) is 1. The van der Waals surface area contributed by atoms with Gasteiger partial charge in [0.2, 0.25) is 0 Å². The number of Topliss-reactive ketones (excluding diaryl/α,β-unsaturated/α-hetero) is 1. The summed E-state index contributed by atoms with van der Waals surface area (Å²) in [5.41, 5.74) is 1.70. The molecule has 0 bridgehead atoms. The molecule has 2 unspecified atom stereocenters. The van der Waals surface area contributed by atoms with Crippen molar-refractivity contribution in [3.05, 3.63) is 11.6 Å². The molecular formula is C11H18O. The van der Waals surface area contributed by atoms with E-state index in [4.69, 9.17) is 0 Å². The second-order valence-corrected chi connectivity index (χ2v) is 4.53. The zero-order valence-corrected chi connectivity index (χ0v) is 8.48. The molecule has 0 spiro atoms. The first-order chi connectivity index (χ1) is 5.44. The van der Waals surface area contributed by atoms with Crippen LogP contribution in [0.25, 0.3) is 0 Å². The average Bonchev–Trinajstić information content (AvgIpc) is 2.36. The van der Waals surface area contributed by atoms with Crippen molar-refractivity contribution < 1.29 is 4.79 Å². The van der Waals surface area contributed by atoms with Crippen LogP contribution in [-0.2, 0) is 4.79 Å². The maximum absolute atomic E-state index is 10.8. The Hall–Kier alpha value is -0.590. The summed E-state index contributed by atoms with van der Waals surface area (Å²) in [4.78, 5) is 10.8. The number of carbonyl (C=O) groups excluding carboxylic acids is 1. The van der Waals surface area contributed by atoms with Gasteiger partial charge in [0.1, 0.15) is 5.78 Å². The maximum Gasteiger partial charge on any atom is 0.130 e. The third kappa shape index (κ3) is 2.20. The van der Waals surface area contributed by atoms with Gasteiger partial charge in [-0.15, -0.1) is 0 Å². The summed E-state index contributed by atoms with van der Waals surface area (Å²) in [6, 6.07) is 0. The fourth-order valence-electron chi connectivity index (χ4n) is 1.96. The van der Waals surface area contributed by atoms with Crippen LogP contribution in [0.1, 0.15) is 40.5 Å². The lowest BCUT2D eigenvalue weighted by molar-refractivity contribution is -0.117. The first-order valence-electron chi connectivity index (χ1n) is 4.59. The van der Waals surface area contributed by atoms with Crippen LogP contribution < -0.4 is 0 Å². The second-order valence-electron chi connectivity index (χ2n) is 4.53. The van der Waals surface area contributed by atoms with Gasteiger partial charge in [-0.05, 0) is 38.5 Å². The molecule has 0 aromatic carbocycles. The van der Waals surface area contributed by atoms with Crippen molar-refractivity contribution in [2.45, 2.75) is 40.5 Å². The zero-order chi connectivity index (χ0) is 9.35. The molecule has 0 aromatic heterocycles. The summed E-state index contributed by atoms with van der Waals surface area (Å²) < 4.78 is 0. The van der Waals surface area contributed by atoms with E-state index >= 15 is 0 Å². The van der Waals surface area contributed by atoms with E-state index in [1.807, 2.05) is 0 Å². The summed E-state index contributed by atoms with van der Waals surface area (Å²) in [5, 5.41) is 0. The molecule has 12 heavy (non-hydrogen) atoms. The third-order valence-corrected chi connectivity index (χ3v) is 2.61. The minimum Gasteiger partial charge on any atom is -0.300 e. The molecule has 0 radical (unpaired) electrons. The minimum atomic E-state index is 0.325. The van der Waals surface area contributed by atoms with Crippen molar-refractivity contribution in [3.63, 3.8) is 0 Å². The molecule has 0 saturated heterocycles. The summed E-state index contributed by atoms with van der Waals surface area (Å²) in [6.45, 7) is 8.16. The molecule has 0 N–H and O–H groups in total. The van der Waals surface area contributed by atoms with Gasteiger partial charge in [0.25, 0.3) is 0 Å². The molecule has 1 rings (SSSR count). The molecule has 1 heteroatoms. The van der Waals surface area contributed by atoms with E-state index in [-0.39, 0.29) is 0 Å². The summed E-state index contributed by atoms with van der Waals surface area (Å²) >= 11 is 0. The number of carbonyl (C=O) groups is 1. The van der Waals surface area contributed by atoms with Crippen molar-refractivity contribution in [1.29, 1.82) is 0 Å². The smallest absolute Gasteiger partial charge is 0.130 e. The predicted molar refractivity (Wildman–Crippen MR) is 50.9 cm³/mol. The summed E-state index contributed by atoms with van der Waals surface area (Å²) in [5.74, 6) is 0.941. The molecule has 1 saturated carbocycles. The Morgan fingerprint density at radius 3 is 2.50 bits per heavy atom. The van der Waals surface area contributed by atoms with E-state index < -0.39 is 0 Å². The van der Waals surface area contributed by atoms with Gasteiger partial charge in [-0.2, -0.15) is 0 Å². The van der Waals surface area contributed by atoms with Crippen LogP contribution >= 0.6 is 0 Å². The van der Waals surface area contributed by atoms with Gasteiger partial charge >= 0.3 is 0 Å². The van der Waals surface area contributed by atoms with E-state index in [9.17, 15) is 4.79 Å². The molecular weight excluding hydrogens is 148 g/mol. The lowest BCUT2D eigenvalue weighted by atomic mass is 10.0. The molecule has 0 aliphatic heterocycles. The highest BCUT2D eigenvalue weighted by molar-refractivity contribution is 5.76. The third-order valence-electron chi connectivity index (χ3n) is 2.61. The van der Waals surface area contributed by atoms with Crippen LogP contribution in [0.15, 0.2) is 11.6 Å². The van der Waals surface area contributed by atoms with Crippen LogP contribution in [0.4, 0.5) is 0 Å². The fraction of sp³-hybridized carbons (Fsp3) is 0.727. The van der Waals surface area contributed by atoms with Crippen LogP contribution in [0, 0.1) is 11.3 Å². The van der Waals surface area contributed by atoms with Gasteiger partial charge in [0.15, 0.2) is 0 Å². The molecule has 1 nitrogen and oxygen atoms in total. The first-order valence-corrected chi connectivity index (χ1v) is 4.59. The molecule has 0 amide bonds. The Labute approximate surface area is 74.9 Å². The fourth-order valence-corrected chi connectivity index (χ4v) is 1.96. The number of rotatable bonds is 3. The Morgan fingerprint density at radius 2 is 2.08 bits per heavy atom. The van der Waals surface area contributed by atoms with Crippen LogP contribution in [-0.4, -0.2) is 5.78 Å². The molecule has 1 aliphatic rings. The quantitative estimate of drug-likeness (QED) is 0.589. The van der Waals surface area contributed by atoms with Crippen molar-refractivity contribution in [3.8, 4) is 0 Å². The molecule has 68 valence electrons. The molecule has 0 aromatic rings. The Morgan fingerprint density at radius 1 is 1.50 bits per heavy atom. The van der Waals surface area contributed by atoms with Crippen LogP contribution in [0.5, 0.6) is 0 Å². The van der Waals surface area contributed by atoms with Gasteiger partial charge in [0.05, 0.1) is 0 Å². The Balaban J connectivity index is 2.48. The lowest BCUT2D eigenvalue weighted by Gasteiger charge is -2.04. The number of ketones is 1. The lowest BCUT2D eigenvalue weighted by Crippen LogP contribution is -1.98. The van der Waals surface area contributed by atoms with E-state index in [1.54, 1.807) is 6.92 Å². The van der Waals surface area contributed by atoms with Gasteiger partial charge in [-0.3, -0.25) is 0 Å². The van der Waals surface area contributed by atoms with Gasteiger partial charge in [0, 0.05) is 6.42 Å². The topological polar surface area (TPSA) is 17.1 Å². The predicted octanol–water partition coefficient (Wildman–Crippen LogP) is 2.96. The highest BCUT2D eigenvalue weighted by Crippen LogP contribution is 2.55. The molecule has 2 atom stereocenters. The van der Waals surface area contributed by atoms with Crippen molar-refractivity contribution in [1.82, 2.24) is 0 Å². The van der Waals surface area contributed by atoms with Crippen molar-refractivity contribution in [2.75, 3.05) is 0 Å². The first kappa shape index (κ1) is 9.50.